The van der Waals surface area contributed by atoms with Crippen LogP contribution in [0.3, 0.4) is 0 Å². The Morgan fingerprint density at radius 1 is 1.17 bits per heavy atom. The van der Waals surface area contributed by atoms with Gasteiger partial charge in [0.25, 0.3) is 5.91 Å². The number of hydrogen-bond acceptors (Lipinski definition) is 2. The predicted octanol–water partition coefficient (Wildman–Crippen LogP) is 4.52. The standard InChI is InChI=1S/C20H22BrNO2/c21-19-10-4-9-18(12-19)20(23)22-11-5-8-17(13-22)15-24-14-16-6-2-1-3-7-16/h1-4,6-7,9-10,12,17H,5,8,11,13-15H2. The average Bonchev–Trinajstić information content (AvgIpc) is 2.62. The number of halogens is 1. The summed E-state index contributed by atoms with van der Waals surface area (Å²) >= 11 is 3.43. The second kappa shape index (κ2) is 8.45. The lowest BCUT2D eigenvalue weighted by Gasteiger charge is -2.32. The average molecular weight is 388 g/mol. The van der Waals surface area contributed by atoms with Gasteiger partial charge in [0.15, 0.2) is 0 Å². The summed E-state index contributed by atoms with van der Waals surface area (Å²) in [4.78, 5) is 14.6. The number of carbonyl (C=O) groups is 1. The van der Waals surface area contributed by atoms with Crippen LogP contribution in [0.2, 0.25) is 0 Å². The highest BCUT2D eigenvalue weighted by molar-refractivity contribution is 9.10. The van der Waals surface area contributed by atoms with Gasteiger partial charge < -0.3 is 9.64 Å². The molecule has 4 heteroatoms. The van der Waals surface area contributed by atoms with E-state index in [0.29, 0.717) is 19.1 Å². The molecule has 0 saturated carbocycles. The highest BCUT2D eigenvalue weighted by Crippen LogP contribution is 2.21. The van der Waals surface area contributed by atoms with Crippen molar-refractivity contribution in [3.8, 4) is 0 Å². The van der Waals surface area contributed by atoms with Crippen LogP contribution in [-0.2, 0) is 11.3 Å². The third kappa shape index (κ3) is 4.68. The number of piperidine rings is 1. The van der Waals surface area contributed by atoms with Gasteiger partial charge in [-0.3, -0.25) is 4.79 Å². The predicted molar refractivity (Wildman–Crippen MR) is 98.9 cm³/mol. The Labute approximate surface area is 151 Å². The number of benzene rings is 2. The second-order valence-corrected chi connectivity index (χ2v) is 7.19. The molecule has 3 rings (SSSR count). The monoisotopic (exact) mass is 387 g/mol. The van der Waals surface area contributed by atoms with Crippen LogP contribution in [0, 0.1) is 5.92 Å². The summed E-state index contributed by atoms with van der Waals surface area (Å²) in [6.07, 6.45) is 2.16. The van der Waals surface area contributed by atoms with Crippen molar-refractivity contribution in [3.63, 3.8) is 0 Å². The molecule has 1 heterocycles. The van der Waals surface area contributed by atoms with E-state index in [-0.39, 0.29) is 5.91 Å². The normalized spacial score (nSPS) is 17.7. The molecule has 0 radical (unpaired) electrons. The summed E-state index contributed by atoms with van der Waals surface area (Å²) < 4.78 is 6.80. The molecule has 1 fully saturated rings. The fourth-order valence-corrected chi connectivity index (χ4v) is 3.51. The molecule has 0 aliphatic carbocycles. The quantitative estimate of drug-likeness (QED) is 0.754. The Balaban J connectivity index is 1.51. The fourth-order valence-electron chi connectivity index (χ4n) is 3.11. The first-order chi connectivity index (χ1) is 11.7. The van der Waals surface area contributed by atoms with Crippen LogP contribution in [0.15, 0.2) is 59.1 Å². The van der Waals surface area contributed by atoms with Gasteiger partial charge in [-0.05, 0) is 42.5 Å². The summed E-state index contributed by atoms with van der Waals surface area (Å²) in [6.45, 7) is 2.95. The molecule has 3 nitrogen and oxygen atoms in total. The zero-order chi connectivity index (χ0) is 16.8. The smallest absolute Gasteiger partial charge is 0.253 e. The maximum Gasteiger partial charge on any atom is 0.253 e. The van der Waals surface area contributed by atoms with Crippen molar-refractivity contribution in [2.24, 2.45) is 5.92 Å². The van der Waals surface area contributed by atoms with Gasteiger partial charge in [0.05, 0.1) is 13.2 Å². The lowest BCUT2D eigenvalue weighted by atomic mass is 9.98. The SMILES string of the molecule is O=C(c1cccc(Br)c1)N1CCCC(COCc2ccccc2)C1. The lowest BCUT2D eigenvalue weighted by molar-refractivity contribution is 0.0425. The van der Waals surface area contributed by atoms with Crippen molar-refractivity contribution in [3.05, 3.63) is 70.2 Å². The van der Waals surface area contributed by atoms with Gasteiger partial charge in [-0.1, -0.05) is 52.3 Å². The number of rotatable bonds is 5. The molecule has 1 amide bonds. The van der Waals surface area contributed by atoms with E-state index in [2.05, 4.69) is 28.1 Å². The van der Waals surface area contributed by atoms with E-state index in [1.165, 1.54) is 5.56 Å². The largest absolute Gasteiger partial charge is 0.376 e. The molecule has 1 aliphatic heterocycles. The zero-order valence-electron chi connectivity index (χ0n) is 13.7. The maximum absolute atomic E-state index is 12.7. The lowest BCUT2D eigenvalue weighted by Crippen LogP contribution is -2.41. The van der Waals surface area contributed by atoms with E-state index in [0.717, 1.165) is 36.0 Å². The molecular weight excluding hydrogens is 366 g/mol. The number of nitrogens with zero attached hydrogens (tertiary/aromatic N) is 1. The van der Waals surface area contributed by atoms with Crippen LogP contribution in [0.5, 0.6) is 0 Å². The summed E-state index contributed by atoms with van der Waals surface area (Å²) in [7, 11) is 0. The summed E-state index contributed by atoms with van der Waals surface area (Å²) in [6, 6.07) is 17.8. The number of hydrogen-bond donors (Lipinski definition) is 0. The van der Waals surface area contributed by atoms with Crippen molar-refractivity contribution in [1.29, 1.82) is 0 Å². The molecule has 24 heavy (non-hydrogen) atoms. The summed E-state index contributed by atoms with van der Waals surface area (Å²) in [5, 5.41) is 0. The first-order valence-corrected chi connectivity index (χ1v) is 9.18. The highest BCUT2D eigenvalue weighted by Gasteiger charge is 2.24. The summed E-state index contributed by atoms with van der Waals surface area (Å²) in [5.41, 5.74) is 1.94. The van der Waals surface area contributed by atoms with Gasteiger partial charge >= 0.3 is 0 Å². The molecule has 2 aromatic carbocycles. The van der Waals surface area contributed by atoms with Crippen molar-refractivity contribution >= 4 is 21.8 Å². The molecule has 0 N–H and O–H groups in total. The third-order valence-electron chi connectivity index (χ3n) is 4.34. The highest BCUT2D eigenvalue weighted by atomic mass is 79.9. The minimum absolute atomic E-state index is 0.115. The molecule has 0 spiro atoms. The van der Waals surface area contributed by atoms with E-state index in [1.807, 2.05) is 47.4 Å². The molecular formula is C20H22BrNO2. The maximum atomic E-state index is 12.7. The van der Waals surface area contributed by atoms with Crippen LogP contribution in [-0.4, -0.2) is 30.5 Å². The van der Waals surface area contributed by atoms with Crippen molar-refractivity contribution < 1.29 is 9.53 Å². The first-order valence-electron chi connectivity index (χ1n) is 8.39. The van der Waals surface area contributed by atoms with E-state index < -0.39 is 0 Å². The Bertz CT molecular complexity index is 674. The van der Waals surface area contributed by atoms with Gasteiger partial charge in [-0.15, -0.1) is 0 Å². The molecule has 2 aromatic rings. The van der Waals surface area contributed by atoms with Crippen LogP contribution < -0.4 is 0 Å². The van der Waals surface area contributed by atoms with Crippen molar-refractivity contribution in [2.75, 3.05) is 19.7 Å². The molecule has 1 atom stereocenters. The van der Waals surface area contributed by atoms with Gasteiger partial charge in [-0.2, -0.15) is 0 Å². The molecule has 126 valence electrons. The van der Waals surface area contributed by atoms with Crippen LogP contribution in [0.4, 0.5) is 0 Å². The van der Waals surface area contributed by atoms with Crippen LogP contribution in [0.25, 0.3) is 0 Å². The number of amides is 1. The number of ether oxygens (including phenoxy) is 1. The summed E-state index contributed by atoms with van der Waals surface area (Å²) in [5.74, 6) is 0.530. The van der Waals surface area contributed by atoms with E-state index in [1.54, 1.807) is 0 Å². The van der Waals surface area contributed by atoms with Gasteiger partial charge in [0.2, 0.25) is 0 Å². The zero-order valence-corrected chi connectivity index (χ0v) is 15.2. The van der Waals surface area contributed by atoms with Crippen LogP contribution >= 0.6 is 15.9 Å². The van der Waals surface area contributed by atoms with E-state index in [4.69, 9.17) is 4.74 Å². The molecule has 1 saturated heterocycles. The number of likely N-dealkylation sites (tertiary alicyclic amines) is 1. The number of carbonyl (C=O) groups excluding carboxylic acids is 1. The van der Waals surface area contributed by atoms with Crippen molar-refractivity contribution in [2.45, 2.75) is 19.4 Å². The molecule has 0 bridgehead atoms. The topological polar surface area (TPSA) is 29.5 Å². The van der Waals surface area contributed by atoms with Crippen LogP contribution in [0.1, 0.15) is 28.8 Å². The molecule has 0 aromatic heterocycles. The Hall–Kier alpha value is -1.65. The minimum Gasteiger partial charge on any atom is -0.376 e. The van der Waals surface area contributed by atoms with E-state index >= 15 is 0 Å². The molecule has 1 aliphatic rings. The Kier molecular flexibility index (Phi) is 6.05. The van der Waals surface area contributed by atoms with Crippen molar-refractivity contribution in [1.82, 2.24) is 4.90 Å². The first kappa shape index (κ1) is 17.2. The molecule has 1 unspecified atom stereocenters. The minimum atomic E-state index is 0.115. The van der Waals surface area contributed by atoms with Gasteiger partial charge in [0.1, 0.15) is 0 Å². The Morgan fingerprint density at radius 2 is 2.00 bits per heavy atom. The van der Waals surface area contributed by atoms with Gasteiger partial charge in [0, 0.05) is 23.1 Å². The Morgan fingerprint density at radius 3 is 2.79 bits per heavy atom. The second-order valence-electron chi connectivity index (χ2n) is 6.27. The van der Waals surface area contributed by atoms with Gasteiger partial charge in [-0.25, -0.2) is 0 Å². The van der Waals surface area contributed by atoms with E-state index in [9.17, 15) is 4.79 Å². The fraction of sp³-hybridized carbons (Fsp3) is 0.350. The third-order valence-corrected chi connectivity index (χ3v) is 4.84.